The SMILES string of the molecule is Cc1oncc1-c1cccc(Br)c1. The summed E-state index contributed by atoms with van der Waals surface area (Å²) in [5, 5.41) is 3.74. The summed E-state index contributed by atoms with van der Waals surface area (Å²) in [7, 11) is 0. The fourth-order valence-electron chi connectivity index (χ4n) is 1.23. The highest BCUT2D eigenvalue weighted by molar-refractivity contribution is 9.10. The predicted octanol–water partition coefficient (Wildman–Crippen LogP) is 3.41. The van der Waals surface area contributed by atoms with Gasteiger partial charge in [0.15, 0.2) is 0 Å². The van der Waals surface area contributed by atoms with Crippen molar-refractivity contribution in [1.82, 2.24) is 5.16 Å². The van der Waals surface area contributed by atoms with E-state index < -0.39 is 0 Å². The Morgan fingerprint density at radius 1 is 1.38 bits per heavy atom. The Morgan fingerprint density at radius 3 is 2.85 bits per heavy atom. The van der Waals surface area contributed by atoms with Crippen LogP contribution < -0.4 is 0 Å². The molecule has 0 fully saturated rings. The van der Waals surface area contributed by atoms with Crippen LogP contribution in [-0.4, -0.2) is 5.16 Å². The molecule has 0 saturated heterocycles. The third-order valence-corrected chi connectivity index (χ3v) is 2.38. The number of aromatic nitrogens is 1. The van der Waals surface area contributed by atoms with Crippen LogP contribution in [0.1, 0.15) is 5.76 Å². The number of aryl methyl sites for hydroxylation is 1. The zero-order chi connectivity index (χ0) is 9.26. The Labute approximate surface area is 84.7 Å². The van der Waals surface area contributed by atoms with Crippen LogP contribution in [0, 0.1) is 6.92 Å². The predicted molar refractivity (Wildman–Crippen MR) is 54.4 cm³/mol. The minimum atomic E-state index is 0.845. The van der Waals surface area contributed by atoms with Crippen molar-refractivity contribution in [3.8, 4) is 11.1 Å². The van der Waals surface area contributed by atoms with Gasteiger partial charge < -0.3 is 4.52 Å². The quantitative estimate of drug-likeness (QED) is 0.760. The number of benzene rings is 1. The molecule has 0 aliphatic carbocycles. The van der Waals surface area contributed by atoms with Gasteiger partial charge in [0.1, 0.15) is 5.76 Å². The molecule has 0 bridgehead atoms. The van der Waals surface area contributed by atoms with Gasteiger partial charge in [0.05, 0.1) is 6.20 Å². The summed E-state index contributed by atoms with van der Waals surface area (Å²) in [5.74, 6) is 0.845. The van der Waals surface area contributed by atoms with Crippen LogP contribution in [-0.2, 0) is 0 Å². The molecular weight excluding hydrogens is 230 g/mol. The number of rotatable bonds is 1. The summed E-state index contributed by atoms with van der Waals surface area (Å²) < 4.78 is 6.05. The van der Waals surface area contributed by atoms with Gasteiger partial charge in [-0.15, -0.1) is 0 Å². The number of nitrogens with zero attached hydrogens (tertiary/aromatic N) is 1. The lowest BCUT2D eigenvalue weighted by Gasteiger charge is -1.97. The van der Waals surface area contributed by atoms with Crippen molar-refractivity contribution in [2.45, 2.75) is 6.92 Å². The molecule has 1 aromatic carbocycles. The molecule has 2 rings (SSSR count). The van der Waals surface area contributed by atoms with Gasteiger partial charge in [-0.2, -0.15) is 0 Å². The zero-order valence-electron chi connectivity index (χ0n) is 7.12. The van der Waals surface area contributed by atoms with E-state index in [9.17, 15) is 0 Å². The Hall–Kier alpha value is -1.09. The Bertz CT molecular complexity index is 422. The molecule has 1 aromatic heterocycles. The second-order valence-electron chi connectivity index (χ2n) is 2.81. The molecule has 66 valence electrons. The highest BCUT2D eigenvalue weighted by Gasteiger charge is 2.05. The Morgan fingerprint density at radius 2 is 2.23 bits per heavy atom. The van der Waals surface area contributed by atoms with Crippen molar-refractivity contribution < 1.29 is 4.52 Å². The lowest BCUT2D eigenvalue weighted by molar-refractivity contribution is 0.398. The molecule has 0 aliphatic heterocycles. The topological polar surface area (TPSA) is 26.0 Å². The molecule has 0 saturated carbocycles. The van der Waals surface area contributed by atoms with Crippen LogP contribution in [0.3, 0.4) is 0 Å². The molecule has 0 amide bonds. The zero-order valence-corrected chi connectivity index (χ0v) is 8.71. The van der Waals surface area contributed by atoms with Gasteiger partial charge in [0.2, 0.25) is 0 Å². The van der Waals surface area contributed by atoms with Gasteiger partial charge >= 0.3 is 0 Å². The summed E-state index contributed by atoms with van der Waals surface area (Å²) in [6.45, 7) is 1.91. The van der Waals surface area contributed by atoms with Gasteiger partial charge in [-0.3, -0.25) is 0 Å². The van der Waals surface area contributed by atoms with Crippen LogP contribution in [0.15, 0.2) is 39.5 Å². The van der Waals surface area contributed by atoms with E-state index in [1.54, 1.807) is 6.20 Å². The second kappa shape index (κ2) is 3.34. The van der Waals surface area contributed by atoms with Gasteiger partial charge in [0.25, 0.3) is 0 Å². The molecule has 3 heteroatoms. The van der Waals surface area contributed by atoms with Gasteiger partial charge in [-0.05, 0) is 24.6 Å². The molecule has 2 nitrogen and oxygen atoms in total. The van der Waals surface area contributed by atoms with Crippen molar-refractivity contribution >= 4 is 15.9 Å². The minimum absolute atomic E-state index is 0.845. The molecule has 2 aromatic rings. The number of hydrogen-bond acceptors (Lipinski definition) is 2. The molecule has 0 spiro atoms. The summed E-state index contributed by atoms with van der Waals surface area (Å²) in [6, 6.07) is 8.06. The van der Waals surface area contributed by atoms with Crippen molar-refractivity contribution in [1.29, 1.82) is 0 Å². The largest absolute Gasteiger partial charge is 0.361 e. The van der Waals surface area contributed by atoms with Crippen LogP contribution in [0.25, 0.3) is 11.1 Å². The van der Waals surface area contributed by atoms with Crippen LogP contribution in [0.5, 0.6) is 0 Å². The van der Waals surface area contributed by atoms with Crippen LogP contribution >= 0.6 is 15.9 Å². The molecule has 0 aliphatic rings. The molecule has 1 heterocycles. The lowest BCUT2D eigenvalue weighted by atomic mass is 10.1. The molecule has 0 N–H and O–H groups in total. The van der Waals surface area contributed by atoms with E-state index in [2.05, 4.69) is 21.1 Å². The summed E-state index contributed by atoms with van der Waals surface area (Å²) in [6.07, 6.45) is 1.73. The van der Waals surface area contributed by atoms with E-state index in [0.29, 0.717) is 0 Å². The van der Waals surface area contributed by atoms with Crippen molar-refractivity contribution in [2.75, 3.05) is 0 Å². The first kappa shape index (κ1) is 8.51. The third-order valence-electron chi connectivity index (χ3n) is 1.89. The summed E-state index contributed by atoms with van der Waals surface area (Å²) in [5.41, 5.74) is 2.16. The second-order valence-corrected chi connectivity index (χ2v) is 3.72. The summed E-state index contributed by atoms with van der Waals surface area (Å²) in [4.78, 5) is 0. The molecule has 0 unspecified atom stereocenters. The van der Waals surface area contributed by atoms with Gasteiger partial charge in [-0.1, -0.05) is 33.2 Å². The smallest absolute Gasteiger partial charge is 0.141 e. The van der Waals surface area contributed by atoms with E-state index in [-0.39, 0.29) is 0 Å². The highest BCUT2D eigenvalue weighted by atomic mass is 79.9. The number of halogens is 1. The summed E-state index contributed by atoms with van der Waals surface area (Å²) >= 11 is 3.42. The lowest BCUT2D eigenvalue weighted by Crippen LogP contribution is -1.76. The van der Waals surface area contributed by atoms with Crippen molar-refractivity contribution in [2.24, 2.45) is 0 Å². The Kier molecular flexibility index (Phi) is 2.19. The molecule has 13 heavy (non-hydrogen) atoms. The molecule has 0 radical (unpaired) electrons. The number of hydrogen-bond donors (Lipinski definition) is 0. The van der Waals surface area contributed by atoms with Gasteiger partial charge in [-0.25, -0.2) is 0 Å². The first-order valence-corrected chi connectivity index (χ1v) is 4.74. The van der Waals surface area contributed by atoms with E-state index in [1.165, 1.54) is 0 Å². The fourth-order valence-corrected chi connectivity index (χ4v) is 1.63. The average molecular weight is 238 g/mol. The monoisotopic (exact) mass is 237 g/mol. The fraction of sp³-hybridized carbons (Fsp3) is 0.100. The van der Waals surface area contributed by atoms with Crippen molar-refractivity contribution in [3.05, 3.63) is 40.7 Å². The maximum atomic E-state index is 4.99. The average Bonchev–Trinajstić information content (AvgIpc) is 2.51. The maximum absolute atomic E-state index is 4.99. The minimum Gasteiger partial charge on any atom is -0.361 e. The molecular formula is C10H8BrNO. The van der Waals surface area contributed by atoms with Crippen molar-refractivity contribution in [3.63, 3.8) is 0 Å². The van der Waals surface area contributed by atoms with Gasteiger partial charge in [0, 0.05) is 10.0 Å². The highest BCUT2D eigenvalue weighted by Crippen LogP contribution is 2.25. The van der Waals surface area contributed by atoms with E-state index >= 15 is 0 Å². The van der Waals surface area contributed by atoms with E-state index in [1.807, 2.05) is 31.2 Å². The first-order chi connectivity index (χ1) is 6.27. The maximum Gasteiger partial charge on any atom is 0.141 e. The van der Waals surface area contributed by atoms with E-state index in [4.69, 9.17) is 4.52 Å². The van der Waals surface area contributed by atoms with Crippen LogP contribution in [0.4, 0.5) is 0 Å². The molecule has 0 atom stereocenters. The van der Waals surface area contributed by atoms with Crippen LogP contribution in [0.2, 0.25) is 0 Å². The normalized spacial score (nSPS) is 10.3. The first-order valence-electron chi connectivity index (χ1n) is 3.94. The standard InChI is InChI=1S/C10H8BrNO/c1-7-10(6-12-13-7)8-3-2-4-9(11)5-8/h2-6H,1H3. The van der Waals surface area contributed by atoms with E-state index in [0.717, 1.165) is 21.4 Å². The Balaban J connectivity index is 2.53. The third kappa shape index (κ3) is 1.65.